The maximum absolute atomic E-state index is 12.9. The standard InChI is InChI=1S/C19H22N2O4S2/c1-13-4-5-16(12-14(13)2)27(24,25)21-10-8-20(9-11-21)19(23)18-7-6-17(26-18)15(3)22/h4-7,12H,8-11H2,1-3H3. The molecule has 0 N–H and O–H groups in total. The van der Waals surface area contributed by atoms with Gasteiger partial charge in [-0.2, -0.15) is 4.31 Å². The number of hydrogen-bond acceptors (Lipinski definition) is 5. The summed E-state index contributed by atoms with van der Waals surface area (Å²) in [4.78, 5) is 27.0. The first-order valence-corrected chi connectivity index (χ1v) is 10.9. The molecular weight excluding hydrogens is 384 g/mol. The number of hydrogen-bond donors (Lipinski definition) is 0. The Morgan fingerprint density at radius 1 is 0.926 bits per heavy atom. The smallest absolute Gasteiger partial charge is 0.264 e. The topological polar surface area (TPSA) is 74.8 Å². The molecule has 1 aliphatic rings. The summed E-state index contributed by atoms with van der Waals surface area (Å²) < 4.78 is 27.2. The van der Waals surface area contributed by atoms with Crippen LogP contribution < -0.4 is 0 Å². The maximum Gasteiger partial charge on any atom is 0.264 e. The van der Waals surface area contributed by atoms with Gasteiger partial charge in [-0.25, -0.2) is 8.42 Å². The number of nitrogens with zero attached hydrogens (tertiary/aromatic N) is 2. The average Bonchev–Trinajstić information content (AvgIpc) is 3.14. The van der Waals surface area contributed by atoms with Crippen LogP contribution in [0.5, 0.6) is 0 Å². The highest BCUT2D eigenvalue weighted by molar-refractivity contribution is 7.89. The zero-order valence-corrected chi connectivity index (χ0v) is 17.2. The third-order valence-corrected chi connectivity index (χ3v) is 7.87. The largest absolute Gasteiger partial charge is 0.335 e. The monoisotopic (exact) mass is 406 g/mol. The van der Waals surface area contributed by atoms with Gasteiger partial charge in [0.2, 0.25) is 10.0 Å². The Bertz CT molecular complexity index is 987. The molecular formula is C19H22N2O4S2. The normalized spacial score (nSPS) is 15.7. The van der Waals surface area contributed by atoms with Crippen LogP contribution in [0, 0.1) is 13.8 Å². The van der Waals surface area contributed by atoms with Crippen LogP contribution in [0.1, 0.15) is 37.4 Å². The lowest BCUT2D eigenvalue weighted by Crippen LogP contribution is -2.50. The zero-order chi connectivity index (χ0) is 19.8. The van der Waals surface area contributed by atoms with Gasteiger partial charge >= 0.3 is 0 Å². The van der Waals surface area contributed by atoms with Crippen molar-refractivity contribution in [3.05, 3.63) is 51.2 Å². The van der Waals surface area contributed by atoms with Crippen LogP contribution in [0.4, 0.5) is 0 Å². The van der Waals surface area contributed by atoms with Crippen molar-refractivity contribution in [2.75, 3.05) is 26.2 Å². The fraction of sp³-hybridized carbons (Fsp3) is 0.368. The van der Waals surface area contributed by atoms with Crippen molar-refractivity contribution in [3.63, 3.8) is 0 Å². The molecule has 27 heavy (non-hydrogen) atoms. The minimum Gasteiger partial charge on any atom is -0.335 e. The number of ketones is 1. The summed E-state index contributed by atoms with van der Waals surface area (Å²) in [5.41, 5.74) is 1.98. The Kier molecular flexibility index (Phi) is 5.50. The molecule has 1 amide bonds. The van der Waals surface area contributed by atoms with E-state index in [0.717, 1.165) is 11.1 Å². The van der Waals surface area contributed by atoms with E-state index in [0.29, 0.717) is 22.8 Å². The molecule has 1 aromatic heterocycles. The van der Waals surface area contributed by atoms with Gasteiger partial charge < -0.3 is 4.90 Å². The maximum atomic E-state index is 12.9. The highest BCUT2D eigenvalue weighted by Gasteiger charge is 2.31. The Labute approximate surface area is 163 Å². The first-order chi connectivity index (χ1) is 12.7. The molecule has 8 heteroatoms. The van der Waals surface area contributed by atoms with Gasteiger partial charge in [0, 0.05) is 26.2 Å². The van der Waals surface area contributed by atoms with E-state index in [1.165, 1.54) is 22.6 Å². The highest BCUT2D eigenvalue weighted by atomic mass is 32.2. The molecule has 1 aliphatic heterocycles. The number of aryl methyl sites for hydroxylation is 2. The lowest BCUT2D eigenvalue weighted by molar-refractivity contribution is 0.0702. The summed E-state index contributed by atoms with van der Waals surface area (Å²) in [5, 5.41) is 0. The first kappa shape index (κ1) is 19.7. The summed E-state index contributed by atoms with van der Waals surface area (Å²) in [6.45, 7) is 6.47. The van der Waals surface area contributed by atoms with Crippen molar-refractivity contribution in [1.29, 1.82) is 0 Å². The van der Waals surface area contributed by atoms with E-state index in [9.17, 15) is 18.0 Å². The molecule has 6 nitrogen and oxygen atoms in total. The number of thiophene rings is 1. The number of amides is 1. The second-order valence-corrected chi connectivity index (χ2v) is 9.68. The Morgan fingerprint density at radius 2 is 1.56 bits per heavy atom. The minimum absolute atomic E-state index is 0.0663. The average molecular weight is 407 g/mol. The van der Waals surface area contributed by atoms with Crippen molar-refractivity contribution in [3.8, 4) is 0 Å². The fourth-order valence-electron chi connectivity index (χ4n) is 2.95. The minimum atomic E-state index is -3.57. The number of piperazine rings is 1. The third kappa shape index (κ3) is 3.97. The molecule has 144 valence electrons. The zero-order valence-electron chi connectivity index (χ0n) is 15.6. The van der Waals surface area contributed by atoms with Crippen LogP contribution >= 0.6 is 11.3 Å². The number of benzene rings is 1. The molecule has 2 aromatic rings. The predicted molar refractivity (Wildman–Crippen MR) is 105 cm³/mol. The van der Waals surface area contributed by atoms with E-state index in [2.05, 4.69) is 0 Å². The predicted octanol–water partition coefficient (Wildman–Crippen LogP) is 2.71. The SMILES string of the molecule is CC(=O)c1ccc(C(=O)N2CCN(S(=O)(=O)c3ccc(C)c(C)c3)CC2)s1. The van der Waals surface area contributed by atoms with E-state index in [4.69, 9.17) is 0 Å². The molecule has 0 radical (unpaired) electrons. The second-order valence-electron chi connectivity index (χ2n) is 6.66. The summed E-state index contributed by atoms with van der Waals surface area (Å²) in [5.74, 6) is -0.223. The van der Waals surface area contributed by atoms with Crippen molar-refractivity contribution < 1.29 is 18.0 Å². The lowest BCUT2D eigenvalue weighted by atomic mass is 10.1. The van der Waals surface area contributed by atoms with E-state index in [1.807, 2.05) is 19.9 Å². The van der Waals surface area contributed by atoms with Gasteiger partial charge in [0.05, 0.1) is 14.6 Å². The molecule has 0 bridgehead atoms. The first-order valence-electron chi connectivity index (χ1n) is 8.67. The Morgan fingerprint density at radius 3 is 2.11 bits per heavy atom. The molecule has 0 spiro atoms. The van der Waals surface area contributed by atoms with Crippen molar-refractivity contribution >= 4 is 33.1 Å². The molecule has 0 unspecified atom stereocenters. The van der Waals surface area contributed by atoms with Crippen molar-refractivity contribution in [2.24, 2.45) is 0 Å². The van der Waals surface area contributed by atoms with Crippen LogP contribution in [-0.4, -0.2) is 55.5 Å². The molecule has 0 aliphatic carbocycles. The molecule has 3 rings (SSSR count). The molecule has 1 aromatic carbocycles. The molecule has 1 fully saturated rings. The number of sulfonamides is 1. The van der Waals surface area contributed by atoms with E-state index >= 15 is 0 Å². The van der Waals surface area contributed by atoms with Gasteiger partial charge in [-0.05, 0) is 56.2 Å². The fourth-order valence-corrected chi connectivity index (χ4v) is 5.33. The van der Waals surface area contributed by atoms with Gasteiger partial charge in [0.15, 0.2) is 5.78 Å². The summed E-state index contributed by atoms with van der Waals surface area (Å²) in [6.07, 6.45) is 0. The van der Waals surface area contributed by atoms with Gasteiger partial charge in [-0.1, -0.05) is 6.07 Å². The summed E-state index contributed by atoms with van der Waals surface area (Å²) >= 11 is 1.18. The van der Waals surface area contributed by atoms with Crippen LogP contribution in [0.2, 0.25) is 0 Å². The summed E-state index contributed by atoms with van der Waals surface area (Å²) in [6, 6.07) is 8.44. The van der Waals surface area contributed by atoms with Gasteiger partial charge in [0.1, 0.15) is 0 Å². The molecule has 0 saturated carbocycles. The van der Waals surface area contributed by atoms with Crippen LogP contribution in [-0.2, 0) is 10.0 Å². The van der Waals surface area contributed by atoms with Gasteiger partial charge in [0.25, 0.3) is 5.91 Å². The van der Waals surface area contributed by atoms with Gasteiger partial charge in [-0.3, -0.25) is 9.59 Å². The Balaban J connectivity index is 1.69. The quantitative estimate of drug-likeness (QED) is 0.732. The second kappa shape index (κ2) is 7.53. The lowest BCUT2D eigenvalue weighted by Gasteiger charge is -2.33. The third-order valence-electron chi connectivity index (χ3n) is 4.81. The van der Waals surface area contributed by atoms with E-state index < -0.39 is 10.0 Å². The van der Waals surface area contributed by atoms with E-state index in [-0.39, 0.29) is 29.7 Å². The highest BCUT2D eigenvalue weighted by Crippen LogP contribution is 2.23. The van der Waals surface area contributed by atoms with Crippen molar-refractivity contribution in [1.82, 2.24) is 9.21 Å². The van der Waals surface area contributed by atoms with Crippen LogP contribution in [0.15, 0.2) is 35.2 Å². The number of carbonyl (C=O) groups excluding carboxylic acids is 2. The molecule has 1 saturated heterocycles. The molecule has 2 heterocycles. The molecule has 0 atom stereocenters. The number of carbonyl (C=O) groups is 2. The van der Waals surface area contributed by atoms with Crippen molar-refractivity contribution in [2.45, 2.75) is 25.7 Å². The van der Waals surface area contributed by atoms with E-state index in [1.54, 1.807) is 29.2 Å². The van der Waals surface area contributed by atoms with Gasteiger partial charge in [-0.15, -0.1) is 11.3 Å². The number of Topliss-reactive ketones (excluding diaryl/α,β-unsaturated/α-hetero) is 1. The number of rotatable bonds is 4. The Hall–Kier alpha value is -2.03. The van der Waals surface area contributed by atoms with Crippen LogP contribution in [0.3, 0.4) is 0 Å². The summed E-state index contributed by atoms with van der Waals surface area (Å²) in [7, 11) is -3.57. The van der Waals surface area contributed by atoms with Crippen LogP contribution in [0.25, 0.3) is 0 Å².